The quantitative estimate of drug-likeness (QED) is 0.767. The van der Waals surface area contributed by atoms with Gasteiger partial charge in [-0.1, -0.05) is 13.8 Å². The zero-order valence-electron chi connectivity index (χ0n) is 16.0. The summed E-state index contributed by atoms with van der Waals surface area (Å²) in [5.41, 5.74) is 11.8. The molecule has 146 valence electrons. The van der Waals surface area contributed by atoms with Gasteiger partial charge in [-0.05, 0) is 38.3 Å². The fourth-order valence-electron chi connectivity index (χ4n) is 2.86. The molecule has 1 unspecified atom stereocenters. The lowest BCUT2D eigenvalue weighted by molar-refractivity contribution is 0.205. The van der Waals surface area contributed by atoms with Crippen LogP contribution in [-0.2, 0) is 0 Å². The van der Waals surface area contributed by atoms with Gasteiger partial charge in [-0.3, -0.25) is 0 Å². The smallest absolute Gasteiger partial charge is 0.411 e. The van der Waals surface area contributed by atoms with E-state index < -0.39 is 17.4 Å². The van der Waals surface area contributed by atoms with Crippen molar-refractivity contribution in [1.82, 2.24) is 9.97 Å². The van der Waals surface area contributed by atoms with Gasteiger partial charge in [-0.25, -0.2) is 19.2 Å². The zero-order valence-corrected chi connectivity index (χ0v) is 16.0. The van der Waals surface area contributed by atoms with Crippen molar-refractivity contribution >= 4 is 6.09 Å². The summed E-state index contributed by atoms with van der Waals surface area (Å²) in [5, 5.41) is 0. The Bertz CT molecular complexity index is 825. The van der Waals surface area contributed by atoms with Gasteiger partial charge in [-0.2, -0.15) is 0 Å². The number of halogens is 1. The van der Waals surface area contributed by atoms with Crippen LogP contribution in [0.1, 0.15) is 32.9 Å². The molecule has 0 saturated carbocycles. The Morgan fingerprint density at radius 1 is 1.37 bits per heavy atom. The lowest BCUT2D eigenvalue weighted by Gasteiger charge is -2.27. The summed E-state index contributed by atoms with van der Waals surface area (Å²) in [6.07, 6.45) is 0.739. The normalized spacial score (nSPS) is 13.3. The van der Waals surface area contributed by atoms with Crippen LogP contribution >= 0.6 is 0 Å². The molecule has 2 heterocycles. The van der Waals surface area contributed by atoms with E-state index in [9.17, 15) is 9.18 Å². The number of amides is 1. The van der Waals surface area contributed by atoms with Gasteiger partial charge in [0.15, 0.2) is 5.82 Å². The molecule has 0 bridgehead atoms. The van der Waals surface area contributed by atoms with Crippen molar-refractivity contribution in [1.29, 1.82) is 0 Å². The molecule has 2 aromatic rings. The van der Waals surface area contributed by atoms with Gasteiger partial charge < -0.3 is 20.9 Å². The molecule has 0 aliphatic heterocycles. The highest BCUT2D eigenvalue weighted by atomic mass is 19.1. The standard InChI is InChI=1S/C19H25FN4O3/c1-11(2)8-19(4,22)10-26-16-6-5-15(24-12(16)3)13-7-17(27-18(21)25)23-9-14(13)20/h5-7,9,11H,8,10,22H2,1-4H3,(H2,21,25). The van der Waals surface area contributed by atoms with Gasteiger partial charge >= 0.3 is 6.09 Å². The second-order valence-electron chi connectivity index (χ2n) is 7.24. The third-order valence-electron chi connectivity index (χ3n) is 3.78. The maximum absolute atomic E-state index is 14.1. The molecular formula is C19H25FN4O3. The number of hydrogen-bond acceptors (Lipinski definition) is 6. The summed E-state index contributed by atoms with van der Waals surface area (Å²) >= 11 is 0. The average molecular weight is 376 g/mol. The van der Waals surface area contributed by atoms with Crippen LogP contribution in [0, 0.1) is 18.7 Å². The number of carbonyl (C=O) groups is 1. The number of carbonyl (C=O) groups excluding carboxylic acids is 1. The Morgan fingerprint density at radius 3 is 2.67 bits per heavy atom. The van der Waals surface area contributed by atoms with Crippen molar-refractivity contribution in [2.75, 3.05) is 6.61 Å². The SMILES string of the molecule is Cc1nc(-c2cc(OC(N)=O)ncc2F)ccc1OCC(C)(N)CC(C)C. The molecule has 0 radical (unpaired) electrons. The first-order valence-electron chi connectivity index (χ1n) is 8.60. The van der Waals surface area contributed by atoms with Gasteiger partial charge in [0, 0.05) is 17.2 Å². The molecule has 2 rings (SSSR count). The largest absolute Gasteiger partial charge is 0.490 e. The number of aromatic nitrogens is 2. The first-order chi connectivity index (χ1) is 12.6. The van der Waals surface area contributed by atoms with Gasteiger partial charge in [0.25, 0.3) is 0 Å². The molecule has 0 spiro atoms. The van der Waals surface area contributed by atoms with Crippen LogP contribution in [-0.4, -0.2) is 28.2 Å². The summed E-state index contributed by atoms with van der Waals surface area (Å²) in [4.78, 5) is 18.9. The van der Waals surface area contributed by atoms with Crippen LogP contribution < -0.4 is 20.9 Å². The number of nitrogens with zero attached hydrogens (tertiary/aromatic N) is 2. The molecule has 0 aliphatic rings. The van der Waals surface area contributed by atoms with E-state index >= 15 is 0 Å². The van der Waals surface area contributed by atoms with Crippen LogP contribution in [0.25, 0.3) is 11.3 Å². The van der Waals surface area contributed by atoms with E-state index in [1.165, 1.54) is 6.07 Å². The Balaban J connectivity index is 2.20. The maximum Gasteiger partial charge on any atom is 0.411 e. The summed E-state index contributed by atoms with van der Waals surface area (Å²) in [6, 6.07) is 4.59. The second-order valence-corrected chi connectivity index (χ2v) is 7.24. The Labute approximate surface area is 157 Å². The van der Waals surface area contributed by atoms with Crippen molar-refractivity contribution in [3.05, 3.63) is 35.9 Å². The van der Waals surface area contributed by atoms with Gasteiger partial charge in [0.2, 0.25) is 5.88 Å². The van der Waals surface area contributed by atoms with Crippen LogP contribution in [0.5, 0.6) is 11.6 Å². The van der Waals surface area contributed by atoms with Gasteiger partial charge in [0.1, 0.15) is 12.4 Å². The minimum absolute atomic E-state index is 0.105. The Hall–Kier alpha value is -2.74. The van der Waals surface area contributed by atoms with Gasteiger partial charge in [-0.15, -0.1) is 0 Å². The highest BCUT2D eigenvalue weighted by Gasteiger charge is 2.21. The predicted molar refractivity (Wildman–Crippen MR) is 99.9 cm³/mol. The summed E-state index contributed by atoms with van der Waals surface area (Å²) in [6.45, 7) is 8.25. The molecule has 4 N–H and O–H groups in total. The minimum Gasteiger partial charge on any atom is -0.490 e. The number of rotatable bonds is 7. The molecular weight excluding hydrogens is 351 g/mol. The van der Waals surface area contributed by atoms with Crippen LogP contribution in [0.4, 0.5) is 9.18 Å². The second kappa shape index (κ2) is 8.30. The van der Waals surface area contributed by atoms with Crippen LogP contribution in [0.15, 0.2) is 24.4 Å². The fourth-order valence-corrected chi connectivity index (χ4v) is 2.86. The Morgan fingerprint density at radius 2 is 2.07 bits per heavy atom. The van der Waals surface area contributed by atoms with Crippen molar-refractivity contribution < 1.29 is 18.7 Å². The van der Waals surface area contributed by atoms with E-state index in [1.54, 1.807) is 19.1 Å². The molecule has 0 aromatic carbocycles. The van der Waals surface area contributed by atoms with Crippen molar-refractivity contribution in [3.8, 4) is 22.9 Å². The molecule has 2 aromatic heterocycles. The Kier molecular flexibility index (Phi) is 6.32. The highest BCUT2D eigenvalue weighted by Crippen LogP contribution is 2.27. The van der Waals surface area contributed by atoms with Crippen LogP contribution in [0.3, 0.4) is 0 Å². The summed E-state index contributed by atoms with van der Waals surface area (Å²) in [5.74, 6) is 0.323. The van der Waals surface area contributed by atoms with E-state index in [0.717, 1.165) is 12.6 Å². The van der Waals surface area contributed by atoms with E-state index in [2.05, 4.69) is 28.6 Å². The average Bonchev–Trinajstić information content (AvgIpc) is 2.54. The van der Waals surface area contributed by atoms with Gasteiger partial charge in [0.05, 0.1) is 17.6 Å². The topological polar surface area (TPSA) is 113 Å². The number of hydrogen-bond donors (Lipinski definition) is 2. The maximum atomic E-state index is 14.1. The molecule has 27 heavy (non-hydrogen) atoms. The van der Waals surface area contributed by atoms with E-state index in [4.69, 9.17) is 16.2 Å². The molecule has 1 atom stereocenters. The van der Waals surface area contributed by atoms with Crippen molar-refractivity contribution in [2.24, 2.45) is 17.4 Å². The lowest BCUT2D eigenvalue weighted by Crippen LogP contribution is -2.43. The zero-order chi connectivity index (χ0) is 20.2. The number of aryl methyl sites for hydroxylation is 1. The third-order valence-corrected chi connectivity index (χ3v) is 3.78. The number of ether oxygens (including phenoxy) is 2. The molecule has 0 aliphatic carbocycles. The van der Waals surface area contributed by atoms with Crippen molar-refractivity contribution in [3.63, 3.8) is 0 Å². The summed E-state index contributed by atoms with van der Waals surface area (Å²) in [7, 11) is 0. The molecule has 0 fully saturated rings. The van der Waals surface area contributed by atoms with Crippen LogP contribution in [0.2, 0.25) is 0 Å². The molecule has 1 amide bonds. The third kappa shape index (κ3) is 5.89. The number of primary amides is 1. The first-order valence-corrected chi connectivity index (χ1v) is 8.60. The van der Waals surface area contributed by atoms with Crippen molar-refractivity contribution in [2.45, 2.75) is 39.7 Å². The molecule has 8 heteroatoms. The van der Waals surface area contributed by atoms with E-state index in [1.807, 2.05) is 6.92 Å². The predicted octanol–water partition coefficient (Wildman–Crippen LogP) is 3.19. The molecule has 0 saturated heterocycles. The van der Waals surface area contributed by atoms with E-state index in [0.29, 0.717) is 29.7 Å². The number of pyridine rings is 2. The highest BCUT2D eigenvalue weighted by molar-refractivity contribution is 5.69. The summed E-state index contributed by atoms with van der Waals surface area (Å²) < 4.78 is 24.6. The fraction of sp³-hybridized carbons (Fsp3) is 0.421. The van der Waals surface area contributed by atoms with E-state index in [-0.39, 0.29) is 11.4 Å². The first kappa shape index (κ1) is 20.6. The molecule has 7 nitrogen and oxygen atoms in total. The monoisotopic (exact) mass is 376 g/mol. The number of nitrogens with two attached hydrogens (primary N) is 2. The lowest BCUT2D eigenvalue weighted by atomic mass is 9.93. The minimum atomic E-state index is -1.03.